The lowest BCUT2D eigenvalue weighted by Crippen LogP contribution is -2.50. The van der Waals surface area contributed by atoms with Gasteiger partial charge < -0.3 is 15.5 Å². The largest absolute Gasteiger partial charge is 0.352 e. The molecule has 1 saturated heterocycles. The summed E-state index contributed by atoms with van der Waals surface area (Å²) in [6.45, 7) is 2.75. The van der Waals surface area contributed by atoms with Crippen molar-refractivity contribution >= 4 is 17.6 Å². The molecule has 0 unspecified atom stereocenters. The van der Waals surface area contributed by atoms with Crippen LogP contribution in [0.4, 0.5) is 10.5 Å². The Bertz CT molecular complexity index is 449. The molecule has 1 atom stereocenters. The van der Waals surface area contributed by atoms with E-state index in [9.17, 15) is 9.59 Å². The van der Waals surface area contributed by atoms with Gasteiger partial charge in [0.05, 0.1) is 11.9 Å². The second-order valence-corrected chi connectivity index (χ2v) is 4.66. The summed E-state index contributed by atoms with van der Waals surface area (Å²) >= 11 is 0. The van der Waals surface area contributed by atoms with Crippen molar-refractivity contribution in [3.05, 3.63) is 24.5 Å². The number of carbonyl (C=O) groups excluding carboxylic acids is 2. The summed E-state index contributed by atoms with van der Waals surface area (Å²) in [5.74, 6) is -0.0560. The van der Waals surface area contributed by atoms with Crippen LogP contribution in [0, 0.1) is 0 Å². The number of pyridine rings is 1. The number of hydrogen-bond acceptors (Lipinski definition) is 3. The second kappa shape index (κ2) is 6.17. The number of anilines is 1. The molecule has 6 nitrogen and oxygen atoms in total. The van der Waals surface area contributed by atoms with Crippen LogP contribution in [0.15, 0.2) is 24.5 Å². The number of rotatable bonds is 2. The smallest absolute Gasteiger partial charge is 0.321 e. The Balaban J connectivity index is 1.90. The van der Waals surface area contributed by atoms with Gasteiger partial charge in [0, 0.05) is 32.3 Å². The predicted octanol–water partition coefficient (Wildman–Crippen LogP) is 1.21. The van der Waals surface area contributed by atoms with Crippen LogP contribution in [0.2, 0.25) is 0 Å². The zero-order chi connectivity index (χ0) is 13.7. The molecule has 0 saturated carbocycles. The number of piperidine rings is 1. The lowest BCUT2D eigenvalue weighted by atomic mass is 10.1. The van der Waals surface area contributed by atoms with Crippen LogP contribution in [0.25, 0.3) is 0 Å². The van der Waals surface area contributed by atoms with Crippen molar-refractivity contribution in [2.75, 3.05) is 18.4 Å². The molecule has 2 heterocycles. The molecule has 19 heavy (non-hydrogen) atoms. The molecule has 0 bridgehead atoms. The molecule has 1 aliphatic heterocycles. The SMILES string of the molecule is CC(=O)N[C@@H]1CCCN(C(=O)Nc2cccnc2)C1. The maximum absolute atomic E-state index is 12.1. The molecule has 102 valence electrons. The van der Waals surface area contributed by atoms with E-state index < -0.39 is 0 Å². The third kappa shape index (κ3) is 3.94. The standard InChI is InChI=1S/C13H18N4O2/c1-10(18)15-12-5-3-7-17(9-12)13(19)16-11-4-2-6-14-8-11/h2,4,6,8,12H,3,5,7,9H2,1H3,(H,15,18)(H,16,19)/t12-/m1/s1. The number of nitrogens with zero attached hydrogens (tertiary/aromatic N) is 2. The van der Waals surface area contributed by atoms with Crippen molar-refractivity contribution in [3.63, 3.8) is 0 Å². The number of amides is 3. The van der Waals surface area contributed by atoms with Gasteiger partial charge in [0.1, 0.15) is 0 Å². The lowest BCUT2D eigenvalue weighted by Gasteiger charge is -2.32. The molecular weight excluding hydrogens is 244 g/mol. The third-order valence-corrected chi connectivity index (χ3v) is 3.03. The van der Waals surface area contributed by atoms with E-state index in [1.165, 1.54) is 6.92 Å². The topological polar surface area (TPSA) is 74.3 Å². The Morgan fingerprint density at radius 1 is 1.47 bits per heavy atom. The van der Waals surface area contributed by atoms with Crippen molar-refractivity contribution in [2.24, 2.45) is 0 Å². The number of carbonyl (C=O) groups is 2. The minimum absolute atomic E-state index is 0.0471. The summed E-state index contributed by atoms with van der Waals surface area (Å²) in [6, 6.07) is 3.46. The first kappa shape index (κ1) is 13.3. The van der Waals surface area contributed by atoms with E-state index in [2.05, 4.69) is 15.6 Å². The van der Waals surface area contributed by atoms with E-state index in [1.54, 1.807) is 29.4 Å². The normalized spacial score (nSPS) is 18.8. The van der Waals surface area contributed by atoms with E-state index in [0.29, 0.717) is 18.8 Å². The van der Waals surface area contributed by atoms with E-state index in [4.69, 9.17) is 0 Å². The van der Waals surface area contributed by atoms with Crippen molar-refractivity contribution in [2.45, 2.75) is 25.8 Å². The van der Waals surface area contributed by atoms with Gasteiger partial charge in [-0.3, -0.25) is 9.78 Å². The first-order chi connectivity index (χ1) is 9.15. The molecule has 1 fully saturated rings. The minimum Gasteiger partial charge on any atom is -0.352 e. The van der Waals surface area contributed by atoms with Crippen LogP contribution in [-0.2, 0) is 4.79 Å². The molecule has 0 aliphatic carbocycles. The molecular formula is C13H18N4O2. The molecule has 3 amide bonds. The number of hydrogen-bond donors (Lipinski definition) is 2. The van der Waals surface area contributed by atoms with Crippen molar-refractivity contribution in [1.29, 1.82) is 0 Å². The van der Waals surface area contributed by atoms with Gasteiger partial charge in [0.15, 0.2) is 0 Å². The van der Waals surface area contributed by atoms with Crippen LogP contribution in [-0.4, -0.2) is 41.0 Å². The molecule has 1 aromatic rings. The quantitative estimate of drug-likeness (QED) is 0.841. The van der Waals surface area contributed by atoms with Gasteiger partial charge in [-0.15, -0.1) is 0 Å². The minimum atomic E-state index is -0.150. The van der Waals surface area contributed by atoms with Crippen LogP contribution < -0.4 is 10.6 Å². The average molecular weight is 262 g/mol. The van der Waals surface area contributed by atoms with Gasteiger partial charge in [-0.1, -0.05) is 0 Å². The van der Waals surface area contributed by atoms with Gasteiger partial charge in [-0.05, 0) is 25.0 Å². The summed E-state index contributed by atoms with van der Waals surface area (Å²) < 4.78 is 0. The Morgan fingerprint density at radius 2 is 2.32 bits per heavy atom. The predicted molar refractivity (Wildman–Crippen MR) is 71.7 cm³/mol. The number of aromatic nitrogens is 1. The van der Waals surface area contributed by atoms with Gasteiger partial charge in [-0.25, -0.2) is 4.79 Å². The molecule has 0 aromatic carbocycles. The molecule has 6 heteroatoms. The number of nitrogens with one attached hydrogen (secondary N) is 2. The fraction of sp³-hybridized carbons (Fsp3) is 0.462. The van der Waals surface area contributed by atoms with Crippen LogP contribution in [0.1, 0.15) is 19.8 Å². The van der Waals surface area contributed by atoms with Gasteiger partial charge in [0.25, 0.3) is 0 Å². The van der Waals surface area contributed by atoms with Gasteiger partial charge >= 0.3 is 6.03 Å². The summed E-state index contributed by atoms with van der Waals surface area (Å²) in [6.07, 6.45) is 5.07. The fourth-order valence-corrected chi connectivity index (χ4v) is 2.21. The molecule has 0 radical (unpaired) electrons. The Kier molecular flexibility index (Phi) is 4.33. The molecule has 1 aliphatic rings. The highest BCUT2D eigenvalue weighted by molar-refractivity contribution is 5.89. The summed E-state index contributed by atoms with van der Waals surface area (Å²) in [5.41, 5.74) is 0.675. The number of likely N-dealkylation sites (tertiary alicyclic amines) is 1. The molecule has 0 spiro atoms. The summed E-state index contributed by atoms with van der Waals surface area (Å²) in [5, 5.41) is 5.65. The van der Waals surface area contributed by atoms with Crippen molar-refractivity contribution in [3.8, 4) is 0 Å². The molecule has 2 rings (SSSR count). The lowest BCUT2D eigenvalue weighted by molar-refractivity contribution is -0.119. The third-order valence-electron chi connectivity index (χ3n) is 3.03. The van der Waals surface area contributed by atoms with E-state index in [1.807, 2.05) is 0 Å². The van der Waals surface area contributed by atoms with E-state index in [-0.39, 0.29) is 18.0 Å². The van der Waals surface area contributed by atoms with E-state index in [0.717, 1.165) is 12.8 Å². The summed E-state index contributed by atoms with van der Waals surface area (Å²) in [7, 11) is 0. The molecule has 2 N–H and O–H groups in total. The average Bonchev–Trinajstić information content (AvgIpc) is 2.39. The van der Waals surface area contributed by atoms with Gasteiger partial charge in [0.2, 0.25) is 5.91 Å². The monoisotopic (exact) mass is 262 g/mol. The van der Waals surface area contributed by atoms with Gasteiger partial charge in [-0.2, -0.15) is 0 Å². The highest BCUT2D eigenvalue weighted by atomic mass is 16.2. The molecule has 1 aromatic heterocycles. The zero-order valence-electron chi connectivity index (χ0n) is 10.9. The first-order valence-electron chi connectivity index (χ1n) is 6.38. The second-order valence-electron chi connectivity index (χ2n) is 4.66. The fourth-order valence-electron chi connectivity index (χ4n) is 2.21. The first-order valence-corrected chi connectivity index (χ1v) is 6.38. The summed E-state index contributed by atoms with van der Waals surface area (Å²) in [4.78, 5) is 28.8. The Labute approximate surface area is 112 Å². The van der Waals surface area contributed by atoms with Crippen LogP contribution in [0.5, 0.6) is 0 Å². The Morgan fingerprint density at radius 3 is 3.00 bits per heavy atom. The number of urea groups is 1. The zero-order valence-corrected chi connectivity index (χ0v) is 10.9. The highest BCUT2D eigenvalue weighted by Gasteiger charge is 2.24. The highest BCUT2D eigenvalue weighted by Crippen LogP contribution is 2.12. The maximum Gasteiger partial charge on any atom is 0.321 e. The Hall–Kier alpha value is -2.11. The maximum atomic E-state index is 12.1. The van der Waals surface area contributed by atoms with Crippen LogP contribution >= 0.6 is 0 Å². The van der Waals surface area contributed by atoms with E-state index >= 15 is 0 Å². The van der Waals surface area contributed by atoms with Crippen LogP contribution in [0.3, 0.4) is 0 Å². The van der Waals surface area contributed by atoms with Crippen molar-refractivity contribution in [1.82, 2.24) is 15.2 Å². The van der Waals surface area contributed by atoms with Crippen molar-refractivity contribution < 1.29 is 9.59 Å².